The largest absolute Gasteiger partial charge is 0.310 e. The van der Waals surface area contributed by atoms with Crippen molar-refractivity contribution in [3.63, 3.8) is 0 Å². The standard InChI is InChI=1S/C58H37NS/c1-2-12-38(13-3-1)43-26-27-45-33-47(29-28-44(45)32-43)59(48-30-31-57-55(37-48)54-34-41-14-4-5-15-42(41)36-58(54)60-57)56-21-11-10-18-50(56)39-22-24-40(25-23-39)53-35-46-16-6-7-17-49(46)51-19-8-9-20-52(51)53/h1-37H. The van der Waals surface area contributed by atoms with Gasteiger partial charge in [0.1, 0.15) is 0 Å². The number of nitrogens with zero attached hydrogens (tertiary/aromatic N) is 1. The first-order valence-electron chi connectivity index (χ1n) is 20.6. The Labute approximate surface area is 352 Å². The highest BCUT2D eigenvalue weighted by molar-refractivity contribution is 7.25. The summed E-state index contributed by atoms with van der Waals surface area (Å²) in [6.07, 6.45) is 0. The fraction of sp³-hybridized carbons (Fsp3) is 0. The summed E-state index contributed by atoms with van der Waals surface area (Å²) in [6.45, 7) is 0. The molecule has 1 heterocycles. The third-order valence-corrected chi connectivity index (χ3v) is 13.3. The summed E-state index contributed by atoms with van der Waals surface area (Å²) >= 11 is 1.87. The minimum Gasteiger partial charge on any atom is -0.310 e. The number of hydrogen-bond donors (Lipinski definition) is 0. The molecule has 11 aromatic carbocycles. The third-order valence-electron chi connectivity index (χ3n) is 12.2. The predicted octanol–water partition coefficient (Wildman–Crippen LogP) is 17.1. The number of anilines is 3. The van der Waals surface area contributed by atoms with Crippen molar-refractivity contribution < 1.29 is 0 Å². The van der Waals surface area contributed by atoms with E-state index in [0.29, 0.717) is 0 Å². The van der Waals surface area contributed by atoms with Gasteiger partial charge in [-0.1, -0.05) is 164 Å². The van der Waals surface area contributed by atoms with Crippen LogP contribution < -0.4 is 4.90 Å². The average Bonchev–Trinajstić information content (AvgIpc) is 3.67. The normalized spacial score (nSPS) is 11.7. The van der Waals surface area contributed by atoms with Crippen LogP contribution in [0.4, 0.5) is 17.1 Å². The Kier molecular flexibility index (Phi) is 8.11. The molecule has 1 aromatic heterocycles. The molecule has 0 N–H and O–H groups in total. The first-order chi connectivity index (χ1) is 29.7. The SMILES string of the molecule is c1ccc(-c2ccc3cc(N(c4ccc5sc6cc7ccccc7cc6c5c4)c4ccccc4-c4ccc(-c5cc6ccccc6c6ccccc56)cc4)ccc3c2)cc1. The monoisotopic (exact) mass is 779 g/mol. The summed E-state index contributed by atoms with van der Waals surface area (Å²) in [5.41, 5.74) is 10.6. The topological polar surface area (TPSA) is 3.24 Å². The van der Waals surface area contributed by atoms with Gasteiger partial charge in [-0.25, -0.2) is 0 Å². The zero-order chi connectivity index (χ0) is 39.6. The molecular formula is C58H37NS. The maximum absolute atomic E-state index is 2.45. The molecular weight excluding hydrogens is 743 g/mol. The average molecular weight is 780 g/mol. The summed E-state index contributed by atoms with van der Waals surface area (Å²) in [4.78, 5) is 2.45. The Bertz CT molecular complexity index is 3600. The predicted molar refractivity (Wildman–Crippen MR) is 260 cm³/mol. The molecule has 0 aliphatic rings. The first kappa shape index (κ1) is 34.5. The second kappa shape index (κ2) is 14.1. The molecule has 0 unspecified atom stereocenters. The second-order valence-electron chi connectivity index (χ2n) is 15.7. The quantitative estimate of drug-likeness (QED) is 0.152. The van der Waals surface area contributed by atoms with Gasteiger partial charge in [0.2, 0.25) is 0 Å². The van der Waals surface area contributed by atoms with Gasteiger partial charge in [-0.2, -0.15) is 0 Å². The summed E-state index contributed by atoms with van der Waals surface area (Å²) < 4.78 is 2.60. The van der Waals surface area contributed by atoms with Gasteiger partial charge in [-0.15, -0.1) is 11.3 Å². The maximum Gasteiger partial charge on any atom is 0.0540 e. The van der Waals surface area contributed by atoms with Crippen molar-refractivity contribution in [2.24, 2.45) is 0 Å². The van der Waals surface area contributed by atoms with Crippen LogP contribution >= 0.6 is 11.3 Å². The van der Waals surface area contributed by atoms with Gasteiger partial charge in [0.15, 0.2) is 0 Å². The third kappa shape index (κ3) is 5.84. The van der Waals surface area contributed by atoms with Gasteiger partial charge >= 0.3 is 0 Å². The molecule has 0 amide bonds. The van der Waals surface area contributed by atoms with Crippen LogP contribution in [-0.4, -0.2) is 0 Å². The van der Waals surface area contributed by atoms with Gasteiger partial charge in [0, 0.05) is 37.1 Å². The lowest BCUT2D eigenvalue weighted by Crippen LogP contribution is -2.11. The molecule has 1 nitrogen and oxygen atoms in total. The Morgan fingerprint density at radius 3 is 1.67 bits per heavy atom. The minimum absolute atomic E-state index is 1.12. The molecule has 280 valence electrons. The van der Waals surface area contributed by atoms with E-state index in [2.05, 4.69) is 229 Å². The van der Waals surface area contributed by atoms with Crippen LogP contribution in [0.3, 0.4) is 0 Å². The van der Waals surface area contributed by atoms with Gasteiger partial charge in [0.05, 0.1) is 5.69 Å². The minimum atomic E-state index is 1.12. The Morgan fingerprint density at radius 1 is 0.267 bits per heavy atom. The van der Waals surface area contributed by atoms with Crippen molar-refractivity contribution in [1.82, 2.24) is 0 Å². The van der Waals surface area contributed by atoms with E-state index in [9.17, 15) is 0 Å². The number of para-hydroxylation sites is 1. The zero-order valence-corrected chi connectivity index (χ0v) is 33.5. The number of hydrogen-bond acceptors (Lipinski definition) is 2. The Morgan fingerprint density at radius 2 is 0.833 bits per heavy atom. The number of fused-ring (bicyclic) bond motifs is 8. The lowest BCUT2D eigenvalue weighted by molar-refractivity contribution is 1.29. The molecule has 0 radical (unpaired) electrons. The van der Waals surface area contributed by atoms with Crippen molar-refractivity contribution in [3.05, 3.63) is 224 Å². The summed E-state index contributed by atoms with van der Waals surface area (Å²) in [5, 5.41) is 12.6. The lowest BCUT2D eigenvalue weighted by Gasteiger charge is -2.28. The molecule has 0 aliphatic heterocycles. The molecule has 12 aromatic rings. The van der Waals surface area contributed by atoms with Crippen LogP contribution in [0.5, 0.6) is 0 Å². The fourth-order valence-corrected chi connectivity index (χ4v) is 10.4. The first-order valence-corrected chi connectivity index (χ1v) is 21.4. The van der Waals surface area contributed by atoms with E-state index in [-0.39, 0.29) is 0 Å². The molecule has 0 bridgehead atoms. The lowest BCUT2D eigenvalue weighted by atomic mass is 9.92. The van der Waals surface area contributed by atoms with Crippen LogP contribution in [0, 0.1) is 0 Å². The molecule has 60 heavy (non-hydrogen) atoms. The Hall–Kier alpha value is -7.52. The van der Waals surface area contributed by atoms with Crippen LogP contribution in [0.15, 0.2) is 224 Å². The van der Waals surface area contributed by atoms with Gasteiger partial charge in [0.25, 0.3) is 0 Å². The summed E-state index contributed by atoms with van der Waals surface area (Å²) in [5.74, 6) is 0. The molecule has 0 atom stereocenters. The molecule has 0 saturated heterocycles. The van der Waals surface area contributed by atoms with E-state index in [0.717, 1.165) is 17.1 Å². The van der Waals surface area contributed by atoms with E-state index >= 15 is 0 Å². The van der Waals surface area contributed by atoms with Gasteiger partial charge in [-0.3, -0.25) is 0 Å². The van der Waals surface area contributed by atoms with Crippen molar-refractivity contribution in [2.45, 2.75) is 0 Å². The molecule has 2 heteroatoms. The van der Waals surface area contributed by atoms with E-state index in [1.165, 1.54) is 96.6 Å². The van der Waals surface area contributed by atoms with Crippen LogP contribution in [0.1, 0.15) is 0 Å². The molecule has 0 saturated carbocycles. The molecule has 0 spiro atoms. The van der Waals surface area contributed by atoms with Crippen LogP contribution in [0.25, 0.3) is 96.6 Å². The smallest absolute Gasteiger partial charge is 0.0540 e. The van der Waals surface area contributed by atoms with E-state index in [1.807, 2.05) is 11.3 Å². The number of benzene rings is 11. The van der Waals surface area contributed by atoms with Crippen molar-refractivity contribution in [2.75, 3.05) is 4.90 Å². The fourth-order valence-electron chi connectivity index (χ4n) is 9.23. The highest BCUT2D eigenvalue weighted by atomic mass is 32.1. The van der Waals surface area contributed by atoms with E-state index < -0.39 is 0 Å². The Balaban J connectivity index is 1.02. The molecule has 0 fully saturated rings. The molecule has 0 aliphatic carbocycles. The maximum atomic E-state index is 2.45. The molecule has 12 rings (SSSR count). The zero-order valence-electron chi connectivity index (χ0n) is 32.7. The van der Waals surface area contributed by atoms with E-state index in [4.69, 9.17) is 0 Å². The van der Waals surface area contributed by atoms with Crippen molar-refractivity contribution in [1.29, 1.82) is 0 Å². The van der Waals surface area contributed by atoms with Gasteiger partial charge in [-0.05, 0) is 132 Å². The van der Waals surface area contributed by atoms with Crippen molar-refractivity contribution >= 4 is 91.7 Å². The van der Waals surface area contributed by atoms with Gasteiger partial charge < -0.3 is 4.90 Å². The number of thiophene rings is 1. The van der Waals surface area contributed by atoms with Crippen molar-refractivity contribution in [3.8, 4) is 33.4 Å². The van der Waals surface area contributed by atoms with Crippen LogP contribution in [-0.2, 0) is 0 Å². The number of rotatable bonds is 6. The second-order valence-corrected chi connectivity index (χ2v) is 16.8. The summed E-state index contributed by atoms with van der Waals surface area (Å²) in [7, 11) is 0. The highest BCUT2D eigenvalue weighted by Crippen LogP contribution is 2.46. The summed E-state index contributed by atoms with van der Waals surface area (Å²) in [6, 6.07) is 82.6. The highest BCUT2D eigenvalue weighted by Gasteiger charge is 2.20. The van der Waals surface area contributed by atoms with Crippen LogP contribution in [0.2, 0.25) is 0 Å². The van der Waals surface area contributed by atoms with E-state index in [1.54, 1.807) is 0 Å².